The quantitative estimate of drug-likeness (QED) is 0.421. The third-order valence-corrected chi connectivity index (χ3v) is 8.21. The van der Waals surface area contributed by atoms with Crippen molar-refractivity contribution in [2.24, 2.45) is 10.1 Å². The highest BCUT2D eigenvalue weighted by molar-refractivity contribution is 8.42. The van der Waals surface area contributed by atoms with Crippen LogP contribution >= 0.6 is 11.8 Å². The fourth-order valence-corrected chi connectivity index (χ4v) is 5.29. The van der Waals surface area contributed by atoms with Crippen molar-refractivity contribution in [1.29, 1.82) is 5.41 Å². The van der Waals surface area contributed by atoms with E-state index in [2.05, 4.69) is 10.1 Å². The second-order valence-electron chi connectivity index (χ2n) is 7.72. The number of ether oxygens (including phenoxy) is 2. The van der Waals surface area contributed by atoms with Gasteiger partial charge < -0.3 is 9.47 Å². The van der Waals surface area contributed by atoms with Crippen LogP contribution in [0.4, 0.5) is 0 Å². The lowest BCUT2D eigenvalue weighted by atomic mass is 10.1. The number of hydrogen-bond donors (Lipinski definition) is 1. The number of hydrazone groups is 1. The summed E-state index contributed by atoms with van der Waals surface area (Å²) in [6.45, 7) is 4.56. The molecule has 2 aliphatic heterocycles. The zero-order valence-corrected chi connectivity index (χ0v) is 20.9. The Bertz CT molecular complexity index is 1330. The molecular formula is C24H24N4O5S2. The van der Waals surface area contributed by atoms with E-state index < -0.39 is 15.7 Å². The smallest absolute Gasteiger partial charge is 0.283 e. The van der Waals surface area contributed by atoms with E-state index in [9.17, 15) is 13.2 Å². The average Bonchev–Trinajstić information content (AvgIpc) is 3.29. The van der Waals surface area contributed by atoms with Gasteiger partial charge >= 0.3 is 0 Å². The molecule has 0 unspecified atom stereocenters. The molecule has 0 atom stereocenters. The normalized spacial score (nSPS) is 16.7. The van der Waals surface area contributed by atoms with Gasteiger partial charge in [0.1, 0.15) is 11.5 Å². The molecule has 9 nitrogen and oxygen atoms in total. The Morgan fingerprint density at radius 3 is 2.23 bits per heavy atom. The van der Waals surface area contributed by atoms with E-state index in [1.165, 1.54) is 18.6 Å². The molecule has 11 heteroatoms. The maximum Gasteiger partial charge on any atom is 0.283 e. The first kappa shape index (κ1) is 24.7. The van der Waals surface area contributed by atoms with Gasteiger partial charge in [0.25, 0.3) is 5.91 Å². The summed E-state index contributed by atoms with van der Waals surface area (Å²) in [5.41, 5.74) is 1.88. The van der Waals surface area contributed by atoms with Gasteiger partial charge in [-0.1, -0.05) is 36.8 Å². The average molecular weight is 513 g/mol. The molecule has 2 aromatic carbocycles. The van der Waals surface area contributed by atoms with Crippen LogP contribution < -0.4 is 9.47 Å². The van der Waals surface area contributed by atoms with Gasteiger partial charge in [0, 0.05) is 6.42 Å². The molecule has 0 bridgehead atoms. The topological polar surface area (TPSA) is 121 Å². The van der Waals surface area contributed by atoms with Crippen LogP contribution in [-0.2, 0) is 14.6 Å². The summed E-state index contributed by atoms with van der Waals surface area (Å²) in [5.74, 6) is 0.533. The molecule has 2 aliphatic rings. The number of amidine groups is 2. The largest absolute Gasteiger partial charge is 0.493 e. The number of carbonyl (C=O) groups is 1. The monoisotopic (exact) mass is 512 g/mol. The minimum Gasteiger partial charge on any atom is -0.493 e. The van der Waals surface area contributed by atoms with Crippen LogP contribution in [0.3, 0.4) is 0 Å². The van der Waals surface area contributed by atoms with Gasteiger partial charge in [-0.25, -0.2) is 8.42 Å². The summed E-state index contributed by atoms with van der Waals surface area (Å²) >= 11 is 0.778. The molecule has 1 amide bonds. The van der Waals surface area contributed by atoms with Gasteiger partial charge in [-0.2, -0.15) is 10.0 Å². The predicted octanol–water partition coefficient (Wildman–Crippen LogP) is 3.85. The highest BCUT2D eigenvalue weighted by atomic mass is 32.3. The summed E-state index contributed by atoms with van der Waals surface area (Å²) in [6.07, 6.45) is 2.24. The molecule has 4 rings (SSSR count). The van der Waals surface area contributed by atoms with Crippen molar-refractivity contribution in [2.45, 2.75) is 20.3 Å². The lowest BCUT2D eigenvalue weighted by Crippen LogP contribution is -2.35. The maximum absolute atomic E-state index is 12.5. The zero-order chi connectivity index (χ0) is 25.0. The number of nitrogens with one attached hydrogen (secondary N) is 1. The van der Waals surface area contributed by atoms with E-state index >= 15 is 0 Å². The standard InChI is InChI=1S/C24H24N4O5S2/c1-3-35(30,31)24-27-28-21(25)20(22(29)26-23(28)34-24)15-17-7-11-19(12-8-17)33-14-4-13-32-18-9-5-16(2)6-10-18/h5-12,15,25H,3-4,13-14H2,1-2H3/b20-15+,25-21?. The highest BCUT2D eigenvalue weighted by Gasteiger charge is 2.39. The van der Waals surface area contributed by atoms with Crippen molar-refractivity contribution in [2.75, 3.05) is 19.0 Å². The summed E-state index contributed by atoms with van der Waals surface area (Å²) < 4.78 is 35.5. The summed E-state index contributed by atoms with van der Waals surface area (Å²) in [6, 6.07) is 15.0. The van der Waals surface area contributed by atoms with Crippen LogP contribution in [0.25, 0.3) is 6.08 Å². The van der Waals surface area contributed by atoms with E-state index in [-0.39, 0.29) is 26.7 Å². The van der Waals surface area contributed by atoms with Gasteiger partial charge in [-0.05, 0) is 54.6 Å². The number of sulfone groups is 1. The Morgan fingerprint density at radius 1 is 1.03 bits per heavy atom. The Balaban J connectivity index is 1.34. The highest BCUT2D eigenvalue weighted by Crippen LogP contribution is 2.30. The summed E-state index contributed by atoms with van der Waals surface area (Å²) in [7, 11) is -3.56. The van der Waals surface area contributed by atoms with E-state index in [0.717, 1.165) is 28.9 Å². The number of benzene rings is 2. The Morgan fingerprint density at radius 2 is 1.63 bits per heavy atom. The molecule has 2 aromatic rings. The molecule has 0 saturated heterocycles. The number of rotatable bonds is 8. The minimum atomic E-state index is -3.56. The molecule has 1 N–H and O–H groups in total. The number of nitrogens with zero attached hydrogens (tertiary/aromatic N) is 3. The van der Waals surface area contributed by atoms with Crippen LogP contribution in [-0.4, -0.2) is 53.7 Å². The first-order valence-electron chi connectivity index (χ1n) is 10.9. The van der Waals surface area contributed by atoms with Crippen molar-refractivity contribution < 1.29 is 22.7 Å². The van der Waals surface area contributed by atoms with Gasteiger partial charge in [0.05, 0.1) is 24.5 Å². The Labute approximate surface area is 208 Å². The second kappa shape index (κ2) is 10.4. The number of aliphatic imine (C=N–C) groups is 1. The lowest BCUT2D eigenvalue weighted by Gasteiger charge is -2.20. The molecule has 0 saturated carbocycles. The van der Waals surface area contributed by atoms with E-state index in [0.29, 0.717) is 24.5 Å². The van der Waals surface area contributed by atoms with Crippen LogP contribution in [0.2, 0.25) is 0 Å². The first-order chi connectivity index (χ1) is 16.8. The third-order valence-electron chi connectivity index (χ3n) is 5.12. The van der Waals surface area contributed by atoms with E-state index in [1.54, 1.807) is 24.3 Å². The number of aryl methyl sites for hydroxylation is 1. The number of fused-ring (bicyclic) bond motifs is 1. The van der Waals surface area contributed by atoms with Crippen LogP contribution in [0.5, 0.6) is 11.5 Å². The SMILES string of the molecule is CCS(=O)(=O)C1=NN2C(=N)/C(=C\c3ccc(OCCCOc4ccc(C)cc4)cc3)C(=O)N=C2S1. The van der Waals surface area contributed by atoms with E-state index in [1.807, 2.05) is 31.2 Å². The summed E-state index contributed by atoms with van der Waals surface area (Å²) in [5, 5.41) is 13.5. The summed E-state index contributed by atoms with van der Waals surface area (Å²) in [4.78, 5) is 16.4. The van der Waals surface area contributed by atoms with Crippen molar-refractivity contribution in [3.8, 4) is 11.5 Å². The molecular weight excluding hydrogens is 488 g/mol. The third kappa shape index (κ3) is 5.80. The molecule has 2 heterocycles. The van der Waals surface area contributed by atoms with Crippen LogP contribution in [0.15, 0.2) is 64.2 Å². The number of carbonyl (C=O) groups excluding carboxylic acids is 1. The molecule has 0 spiro atoms. The molecule has 35 heavy (non-hydrogen) atoms. The molecule has 0 aromatic heterocycles. The fourth-order valence-electron chi connectivity index (χ4n) is 3.12. The van der Waals surface area contributed by atoms with Gasteiger partial charge in [-0.15, -0.1) is 5.10 Å². The molecule has 182 valence electrons. The van der Waals surface area contributed by atoms with Crippen molar-refractivity contribution in [1.82, 2.24) is 5.01 Å². The van der Waals surface area contributed by atoms with Gasteiger partial charge in [-0.3, -0.25) is 10.2 Å². The van der Waals surface area contributed by atoms with Gasteiger partial charge in [0.2, 0.25) is 19.4 Å². The van der Waals surface area contributed by atoms with E-state index in [4.69, 9.17) is 14.9 Å². The molecule has 0 fully saturated rings. The number of amides is 1. The van der Waals surface area contributed by atoms with Crippen LogP contribution in [0.1, 0.15) is 24.5 Å². The Kier molecular flexibility index (Phi) is 7.37. The molecule has 0 aliphatic carbocycles. The first-order valence-corrected chi connectivity index (χ1v) is 13.4. The zero-order valence-electron chi connectivity index (χ0n) is 19.2. The van der Waals surface area contributed by atoms with Gasteiger partial charge in [0.15, 0.2) is 5.84 Å². The Hall–Kier alpha value is -3.44. The predicted molar refractivity (Wildman–Crippen MR) is 138 cm³/mol. The fraction of sp³-hybridized carbons (Fsp3) is 0.250. The number of thioether (sulfide) groups is 1. The van der Waals surface area contributed by atoms with Crippen molar-refractivity contribution >= 4 is 49.0 Å². The second-order valence-corrected chi connectivity index (χ2v) is 11.1. The maximum atomic E-state index is 12.5. The van der Waals surface area contributed by atoms with Crippen LogP contribution in [0, 0.1) is 12.3 Å². The number of hydrogen-bond acceptors (Lipinski definition) is 8. The van der Waals surface area contributed by atoms with Crippen molar-refractivity contribution in [3.05, 3.63) is 65.2 Å². The molecule has 0 radical (unpaired) electrons. The minimum absolute atomic E-state index is 0.0233. The lowest BCUT2D eigenvalue weighted by molar-refractivity contribution is -0.114. The van der Waals surface area contributed by atoms with Crippen molar-refractivity contribution in [3.63, 3.8) is 0 Å².